The van der Waals surface area contributed by atoms with Crippen molar-refractivity contribution in [2.45, 2.75) is 27.2 Å². The second kappa shape index (κ2) is 9.45. The number of hydrogen-bond donors (Lipinski definition) is 0. The van der Waals surface area contributed by atoms with Gasteiger partial charge in [-0.05, 0) is 11.8 Å². The number of fused-ring (bicyclic) bond motifs is 2. The number of rotatable bonds is 7. The number of benzene rings is 2. The molecule has 0 bridgehead atoms. The molecule has 6 nitrogen and oxygen atoms in total. The second-order valence-electron chi connectivity index (χ2n) is 9.02. The molecule has 2 aliphatic rings. The Balaban J connectivity index is 2.04. The molecule has 180 valence electrons. The van der Waals surface area contributed by atoms with Crippen molar-refractivity contribution in [3.05, 3.63) is 93.4 Å². The molecule has 2 aromatic rings. The van der Waals surface area contributed by atoms with E-state index in [1.165, 1.54) is 14.2 Å². The lowest BCUT2D eigenvalue weighted by Crippen LogP contribution is -2.37. The maximum absolute atomic E-state index is 13.9. The van der Waals surface area contributed by atoms with E-state index < -0.39 is 17.5 Å². The van der Waals surface area contributed by atoms with Gasteiger partial charge in [-0.3, -0.25) is 19.2 Å². The Bertz CT molecular complexity index is 1220. The Morgan fingerprint density at radius 2 is 0.971 bits per heavy atom. The molecule has 2 unspecified atom stereocenters. The summed E-state index contributed by atoms with van der Waals surface area (Å²) in [6, 6.07) is 13.1. The number of methoxy groups -OCH3 is 2. The molecule has 0 saturated heterocycles. The van der Waals surface area contributed by atoms with E-state index in [4.69, 9.17) is 9.47 Å². The second-order valence-corrected chi connectivity index (χ2v) is 9.02. The van der Waals surface area contributed by atoms with E-state index in [0.717, 1.165) is 6.42 Å². The van der Waals surface area contributed by atoms with Crippen LogP contribution in [0.2, 0.25) is 0 Å². The van der Waals surface area contributed by atoms with E-state index in [-0.39, 0.29) is 68.3 Å². The van der Waals surface area contributed by atoms with Crippen LogP contribution in [0.25, 0.3) is 0 Å². The zero-order valence-electron chi connectivity index (χ0n) is 20.5. The monoisotopic (exact) mass is 472 g/mol. The van der Waals surface area contributed by atoms with Crippen LogP contribution >= 0.6 is 0 Å². The molecule has 6 heteroatoms. The lowest BCUT2D eigenvalue weighted by atomic mass is 9.67. The van der Waals surface area contributed by atoms with Crippen molar-refractivity contribution in [1.29, 1.82) is 0 Å². The highest BCUT2D eigenvalue weighted by molar-refractivity contribution is 6.29. The van der Waals surface area contributed by atoms with Gasteiger partial charge in [-0.2, -0.15) is 0 Å². The van der Waals surface area contributed by atoms with Crippen molar-refractivity contribution in [3.63, 3.8) is 0 Å². The van der Waals surface area contributed by atoms with Crippen LogP contribution in [-0.2, 0) is 9.47 Å². The van der Waals surface area contributed by atoms with Crippen LogP contribution in [0, 0.1) is 17.8 Å². The quantitative estimate of drug-likeness (QED) is 0.547. The van der Waals surface area contributed by atoms with Crippen molar-refractivity contribution < 1.29 is 28.7 Å². The normalized spacial score (nSPS) is 17.4. The van der Waals surface area contributed by atoms with E-state index in [2.05, 4.69) is 0 Å². The molecule has 0 saturated carbocycles. The number of allylic oxidation sites excluding steroid dienone is 4. The fourth-order valence-electron chi connectivity index (χ4n) is 5.08. The van der Waals surface area contributed by atoms with Gasteiger partial charge in [0, 0.05) is 28.2 Å². The van der Waals surface area contributed by atoms with Crippen molar-refractivity contribution in [1.82, 2.24) is 0 Å². The predicted octanol–water partition coefficient (Wildman–Crippen LogP) is 5.24. The summed E-state index contributed by atoms with van der Waals surface area (Å²) in [5, 5.41) is 0. The molecule has 4 rings (SSSR count). The van der Waals surface area contributed by atoms with Gasteiger partial charge in [0.1, 0.15) is 0 Å². The van der Waals surface area contributed by atoms with Gasteiger partial charge in [0.25, 0.3) is 0 Å². The summed E-state index contributed by atoms with van der Waals surface area (Å²) in [6.45, 7) is 5.96. The summed E-state index contributed by atoms with van der Waals surface area (Å²) < 4.78 is 11.1. The van der Waals surface area contributed by atoms with Crippen molar-refractivity contribution >= 4 is 23.1 Å². The maximum Gasteiger partial charge on any atom is 0.228 e. The Morgan fingerprint density at radius 1 is 0.629 bits per heavy atom. The van der Waals surface area contributed by atoms with Crippen LogP contribution in [0.1, 0.15) is 68.6 Å². The molecular weight excluding hydrogens is 444 g/mol. The number of ether oxygens (including phenoxy) is 2. The molecular formula is C29H28O6. The standard InChI is InChI=1S/C29H28O6/c1-6-15(2)16(3)21(22-24(30)17-11-7-9-13-19(17)26(32)28(22)34-4)23-25(31)18-12-8-10-14-20(18)27(33)29(23)35-5/h7-16,21H,6H2,1-5H3. The minimum Gasteiger partial charge on any atom is -0.492 e. The Labute approximate surface area is 204 Å². The van der Waals surface area contributed by atoms with Crippen LogP contribution in [0.15, 0.2) is 71.2 Å². The van der Waals surface area contributed by atoms with E-state index in [0.29, 0.717) is 0 Å². The van der Waals surface area contributed by atoms with E-state index in [1.54, 1.807) is 48.5 Å². The first-order valence-electron chi connectivity index (χ1n) is 11.7. The number of carbonyl (C=O) groups is 4. The minimum atomic E-state index is -0.885. The maximum atomic E-state index is 13.9. The van der Waals surface area contributed by atoms with Gasteiger partial charge in [0.2, 0.25) is 11.6 Å². The average Bonchev–Trinajstić information content (AvgIpc) is 2.89. The smallest absolute Gasteiger partial charge is 0.228 e. The SMILES string of the molecule is CCC(C)C(C)C(C1=C(OC)C(=O)c2ccccc2C1=O)C1=C(OC)C(=O)c2ccccc2C1=O. The molecule has 0 amide bonds. The molecule has 0 heterocycles. The van der Waals surface area contributed by atoms with Gasteiger partial charge in [-0.25, -0.2) is 0 Å². The Hall–Kier alpha value is -3.80. The molecule has 0 aliphatic heterocycles. The van der Waals surface area contributed by atoms with Crippen LogP contribution in [0.3, 0.4) is 0 Å². The third-order valence-corrected chi connectivity index (χ3v) is 7.32. The summed E-state index contributed by atoms with van der Waals surface area (Å²) in [4.78, 5) is 54.6. The molecule has 0 spiro atoms. The number of carbonyl (C=O) groups excluding carboxylic acids is 4. The first-order valence-corrected chi connectivity index (χ1v) is 11.7. The molecule has 0 N–H and O–H groups in total. The fourth-order valence-corrected chi connectivity index (χ4v) is 5.08. The molecule has 2 atom stereocenters. The topological polar surface area (TPSA) is 86.7 Å². The molecule has 35 heavy (non-hydrogen) atoms. The summed E-state index contributed by atoms with van der Waals surface area (Å²) in [6.07, 6.45) is 0.764. The summed E-state index contributed by atoms with van der Waals surface area (Å²) >= 11 is 0. The molecule has 0 fully saturated rings. The van der Waals surface area contributed by atoms with Crippen LogP contribution < -0.4 is 0 Å². The van der Waals surface area contributed by atoms with E-state index in [9.17, 15) is 19.2 Å². The number of ketones is 4. The van der Waals surface area contributed by atoms with Crippen LogP contribution in [-0.4, -0.2) is 37.4 Å². The van der Waals surface area contributed by atoms with Gasteiger partial charge < -0.3 is 9.47 Å². The van der Waals surface area contributed by atoms with Crippen molar-refractivity contribution in [3.8, 4) is 0 Å². The van der Waals surface area contributed by atoms with Crippen molar-refractivity contribution in [2.24, 2.45) is 17.8 Å². The third-order valence-electron chi connectivity index (χ3n) is 7.32. The lowest BCUT2D eigenvalue weighted by molar-refractivity contribution is 0.0860. The Morgan fingerprint density at radius 3 is 1.29 bits per heavy atom. The first kappa shape index (κ1) is 24.3. The van der Waals surface area contributed by atoms with Gasteiger partial charge in [0.05, 0.1) is 25.4 Å². The summed E-state index contributed by atoms with van der Waals surface area (Å²) in [5.41, 5.74) is 1.20. The molecule has 2 aliphatic carbocycles. The number of hydrogen-bond acceptors (Lipinski definition) is 6. The zero-order valence-corrected chi connectivity index (χ0v) is 20.5. The van der Waals surface area contributed by atoms with Gasteiger partial charge >= 0.3 is 0 Å². The van der Waals surface area contributed by atoms with Gasteiger partial charge in [-0.15, -0.1) is 0 Å². The van der Waals surface area contributed by atoms with Gasteiger partial charge in [-0.1, -0.05) is 75.7 Å². The number of Topliss-reactive ketones (excluding diaryl/α,β-unsaturated/α-hetero) is 4. The van der Waals surface area contributed by atoms with Crippen LogP contribution in [0.4, 0.5) is 0 Å². The lowest BCUT2D eigenvalue weighted by Gasteiger charge is -2.35. The van der Waals surface area contributed by atoms with Gasteiger partial charge in [0.15, 0.2) is 23.1 Å². The zero-order chi connectivity index (χ0) is 25.4. The summed E-state index contributed by atoms with van der Waals surface area (Å²) in [5.74, 6) is -2.95. The van der Waals surface area contributed by atoms with Crippen molar-refractivity contribution in [2.75, 3.05) is 14.2 Å². The molecule has 0 aromatic heterocycles. The fraction of sp³-hybridized carbons (Fsp3) is 0.310. The highest BCUT2D eigenvalue weighted by atomic mass is 16.5. The third kappa shape index (κ3) is 3.73. The highest BCUT2D eigenvalue weighted by Gasteiger charge is 2.46. The predicted molar refractivity (Wildman–Crippen MR) is 130 cm³/mol. The highest BCUT2D eigenvalue weighted by Crippen LogP contribution is 2.44. The van der Waals surface area contributed by atoms with E-state index >= 15 is 0 Å². The Kier molecular flexibility index (Phi) is 6.57. The van der Waals surface area contributed by atoms with E-state index in [1.807, 2.05) is 20.8 Å². The molecule has 2 aromatic carbocycles. The largest absolute Gasteiger partial charge is 0.492 e. The van der Waals surface area contributed by atoms with Crippen LogP contribution in [0.5, 0.6) is 0 Å². The first-order chi connectivity index (χ1) is 16.8. The molecule has 0 radical (unpaired) electrons. The summed E-state index contributed by atoms with van der Waals surface area (Å²) in [7, 11) is 2.68. The minimum absolute atomic E-state index is 0.0522. The average molecular weight is 473 g/mol.